The van der Waals surface area contributed by atoms with Gasteiger partial charge in [0.2, 0.25) is 5.92 Å². The number of hydrogen-bond acceptors (Lipinski definition) is 2. The highest BCUT2D eigenvalue weighted by molar-refractivity contribution is 7.10. The summed E-state index contributed by atoms with van der Waals surface area (Å²) in [5, 5.41) is 2.02. The molecule has 2 aliphatic rings. The maximum absolute atomic E-state index is 13.5. The second-order valence-electron chi connectivity index (χ2n) is 5.80. The van der Waals surface area contributed by atoms with E-state index in [0.29, 0.717) is 12.8 Å². The molecule has 19 heavy (non-hydrogen) atoms. The third-order valence-electron chi connectivity index (χ3n) is 4.44. The van der Waals surface area contributed by atoms with Crippen molar-refractivity contribution in [1.82, 2.24) is 0 Å². The molecule has 1 aromatic rings. The Balaban J connectivity index is 1.78. The fraction of sp³-hybridized carbons (Fsp3) is 0.667. The topological polar surface area (TPSA) is 17.1 Å². The summed E-state index contributed by atoms with van der Waals surface area (Å²) in [5.41, 5.74) is 1.12. The third-order valence-corrected chi connectivity index (χ3v) is 5.43. The number of Topliss-reactive ketones (excluding diaryl/α,β-unsaturated/α-hetero) is 1. The molecule has 0 aromatic carbocycles. The second-order valence-corrected chi connectivity index (χ2v) is 6.80. The average molecular weight is 284 g/mol. The first kappa shape index (κ1) is 13.2. The molecule has 2 unspecified atom stereocenters. The van der Waals surface area contributed by atoms with Crippen molar-refractivity contribution in [2.45, 2.75) is 56.8 Å². The van der Waals surface area contributed by atoms with Crippen molar-refractivity contribution in [1.29, 1.82) is 0 Å². The number of hydrogen-bond donors (Lipinski definition) is 0. The molecule has 1 aromatic heterocycles. The van der Waals surface area contributed by atoms with Crippen molar-refractivity contribution >= 4 is 17.1 Å². The maximum Gasteiger partial charge on any atom is 0.248 e. The zero-order valence-electron chi connectivity index (χ0n) is 10.8. The zero-order valence-corrected chi connectivity index (χ0v) is 11.6. The second kappa shape index (κ2) is 4.97. The van der Waals surface area contributed by atoms with Crippen molar-refractivity contribution in [2.24, 2.45) is 5.92 Å². The highest BCUT2D eigenvalue weighted by Crippen LogP contribution is 2.42. The zero-order chi connectivity index (χ0) is 13.5. The lowest BCUT2D eigenvalue weighted by atomic mass is 9.75. The van der Waals surface area contributed by atoms with Crippen molar-refractivity contribution in [3.05, 3.63) is 21.9 Å². The molecule has 1 heterocycles. The number of carbonyl (C=O) groups is 1. The number of halogens is 2. The van der Waals surface area contributed by atoms with Gasteiger partial charge in [-0.3, -0.25) is 4.79 Å². The molecule has 104 valence electrons. The van der Waals surface area contributed by atoms with Crippen LogP contribution in [0.3, 0.4) is 0 Å². The predicted molar refractivity (Wildman–Crippen MR) is 71.9 cm³/mol. The summed E-state index contributed by atoms with van der Waals surface area (Å²) in [6, 6.07) is 2.02. The summed E-state index contributed by atoms with van der Waals surface area (Å²) in [6.45, 7) is 0. The van der Waals surface area contributed by atoms with Crippen LogP contribution in [0.15, 0.2) is 11.4 Å². The van der Waals surface area contributed by atoms with Gasteiger partial charge < -0.3 is 0 Å². The predicted octanol–water partition coefficient (Wildman–Crippen LogP) is 4.56. The molecule has 0 spiro atoms. The smallest absolute Gasteiger partial charge is 0.248 e. The van der Waals surface area contributed by atoms with Gasteiger partial charge in [0.05, 0.1) is 0 Å². The molecule has 0 amide bonds. The Hall–Kier alpha value is -0.770. The van der Waals surface area contributed by atoms with Crippen LogP contribution in [0.5, 0.6) is 0 Å². The monoisotopic (exact) mass is 284 g/mol. The standard InChI is InChI=1S/C15H18F2OS/c16-15(17)7-2-3-10(9-15)14(18)12-4-1-5-13-11(12)6-8-19-13/h6,8,10,12H,1-5,7,9H2. The fourth-order valence-corrected chi connectivity index (χ4v) is 4.47. The van der Waals surface area contributed by atoms with E-state index in [9.17, 15) is 13.6 Å². The van der Waals surface area contributed by atoms with E-state index < -0.39 is 11.8 Å². The third kappa shape index (κ3) is 2.60. The number of alkyl halides is 2. The lowest BCUT2D eigenvalue weighted by molar-refractivity contribution is -0.131. The van der Waals surface area contributed by atoms with Crippen LogP contribution >= 0.6 is 11.3 Å². The number of aryl methyl sites for hydroxylation is 1. The van der Waals surface area contributed by atoms with Crippen molar-refractivity contribution in [2.75, 3.05) is 0 Å². The van der Waals surface area contributed by atoms with E-state index in [1.54, 1.807) is 11.3 Å². The van der Waals surface area contributed by atoms with Gasteiger partial charge in [-0.25, -0.2) is 8.78 Å². The number of carbonyl (C=O) groups excluding carboxylic acids is 1. The lowest BCUT2D eigenvalue weighted by Gasteiger charge is -2.31. The molecule has 1 saturated carbocycles. The van der Waals surface area contributed by atoms with E-state index in [1.807, 2.05) is 11.4 Å². The highest BCUT2D eigenvalue weighted by Gasteiger charge is 2.41. The first-order valence-electron chi connectivity index (χ1n) is 7.05. The quantitative estimate of drug-likeness (QED) is 0.778. The molecule has 0 bridgehead atoms. The van der Waals surface area contributed by atoms with Gasteiger partial charge in [-0.2, -0.15) is 0 Å². The van der Waals surface area contributed by atoms with E-state index in [2.05, 4.69) is 0 Å². The molecule has 2 atom stereocenters. The molecule has 2 aliphatic carbocycles. The average Bonchev–Trinajstić information content (AvgIpc) is 2.84. The van der Waals surface area contributed by atoms with Gasteiger partial charge in [0.25, 0.3) is 0 Å². The van der Waals surface area contributed by atoms with Gasteiger partial charge in [0, 0.05) is 29.6 Å². The van der Waals surface area contributed by atoms with Crippen molar-refractivity contribution < 1.29 is 13.6 Å². The first-order valence-corrected chi connectivity index (χ1v) is 7.93. The Bertz CT molecular complexity index is 480. The first-order chi connectivity index (χ1) is 9.07. The Morgan fingerprint density at radius 2 is 2.16 bits per heavy atom. The van der Waals surface area contributed by atoms with Crippen LogP contribution < -0.4 is 0 Å². The van der Waals surface area contributed by atoms with E-state index in [-0.39, 0.29) is 24.5 Å². The summed E-state index contributed by atoms with van der Waals surface area (Å²) in [5.74, 6) is -3.11. The SMILES string of the molecule is O=C(C1CCCC(F)(F)C1)C1CCCc2sccc21. The molecule has 0 radical (unpaired) electrons. The Kier molecular flexibility index (Phi) is 3.46. The van der Waals surface area contributed by atoms with Crippen LogP contribution in [-0.2, 0) is 11.2 Å². The van der Waals surface area contributed by atoms with Gasteiger partial charge in [-0.05, 0) is 49.1 Å². The summed E-state index contributed by atoms with van der Waals surface area (Å²) in [7, 11) is 0. The Morgan fingerprint density at radius 3 is 2.95 bits per heavy atom. The van der Waals surface area contributed by atoms with Gasteiger partial charge in [-0.15, -0.1) is 11.3 Å². The van der Waals surface area contributed by atoms with Gasteiger partial charge in [0.15, 0.2) is 0 Å². The van der Waals surface area contributed by atoms with Gasteiger partial charge in [-0.1, -0.05) is 0 Å². The van der Waals surface area contributed by atoms with E-state index >= 15 is 0 Å². The van der Waals surface area contributed by atoms with Crippen LogP contribution in [0.25, 0.3) is 0 Å². The number of thiophene rings is 1. The van der Waals surface area contributed by atoms with Crippen LogP contribution in [0.1, 0.15) is 54.9 Å². The molecule has 1 nitrogen and oxygen atoms in total. The number of rotatable bonds is 2. The van der Waals surface area contributed by atoms with Crippen LogP contribution in [0.2, 0.25) is 0 Å². The highest BCUT2D eigenvalue weighted by atomic mass is 32.1. The molecule has 3 rings (SSSR count). The largest absolute Gasteiger partial charge is 0.299 e. The molecule has 0 aliphatic heterocycles. The van der Waals surface area contributed by atoms with Crippen LogP contribution in [0, 0.1) is 5.92 Å². The van der Waals surface area contributed by atoms with E-state index in [1.165, 1.54) is 4.88 Å². The number of ketones is 1. The Labute approximate surface area is 116 Å². The normalized spacial score (nSPS) is 29.8. The lowest BCUT2D eigenvalue weighted by Crippen LogP contribution is -2.33. The summed E-state index contributed by atoms with van der Waals surface area (Å²) >= 11 is 1.69. The minimum absolute atomic E-state index is 0.0504. The van der Waals surface area contributed by atoms with Crippen molar-refractivity contribution in [3.63, 3.8) is 0 Å². The van der Waals surface area contributed by atoms with Gasteiger partial charge in [0.1, 0.15) is 5.78 Å². The van der Waals surface area contributed by atoms with Gasteiger partial charge >= 0.3 is 0 Å². The molecular formula is C15H18F2OS. The van der Waals surface area contributed by atoms with Crippen LogP contribution in [0.4, 0.5) is 8.78 Å². The fourth-order valence-electron chi connectivity index (χ4n) is 3.48. The minimum Gasteiger partial charge on any atom is -0.299 e. The molecular weight excluding hydrogens is 266 g/mol. The number of fused-ring (bicyclic) bond motifs is 1. The van der Waals surface area contributed by atoms with Crippen LogP contribution in [-0.4, -0.2) is 11.7 Å². The van der Waals surface area contributed by atoms with E-state index in [0.717, 1.165) is 24.8 Å². The summed E-state index contributed by atoms with van der Waals surface area (Å²) in [6.07, 6.45) is 3.72. The molecule has 0 N–H and O–H groups in total. The summed E-state index contributed by atoms with van der Waals surface area (Å²) in [4.78, 5) is 13.9. The van der Waals surface area contributed by atoms with E-state index in [4.69, 9.17) is 0 Å². The maximum atomic E-state index is 13.5. The van der Waals surface area contributed by atoms with Crippen molar-refractivity contribution in [3.8, 4) is 0 Å². The summed E-state index contributed by atoms with van der Waals surface area (Å²) < 4.78 is 26.9. The molecule has 4 heteroatoms. The molecule has 1 fully saturated rings. The minimum atomic E-state index is -2.63. The molecule has 0 saturated heterocycles. The Morgan fingerprint density at radius 1 is 1.32 bits per heavy atom.